The van der Waals surface area contributed by atoms with E-state index in [-0.39, 0.29) is 11.4 Å². The number of carbonyl (C=O) groups excluding carboxylic acids is 1. The number of rotatable bonds is 6. The maximum Gasteiger partial charge on any atom is 0.458 e. The molecule has 31 heavy (non-hydrogen) atoms. The number of carbonyl (C=O) groups is 1. The lowest BCUT2D eigenvalue weighted by Crippen LogP contribution is -2.45. The van der Waals surface area contributed by atoms with Gasteiger partial charge >= 0.3 is 12.1 Å². The number of hydrogen-bond donors (Lipinski definition) is 2. The zero-order chi connectivity index (χ0) is 23.4. The van der Waals surface area contributed by atoms with Gasteiger partial charge < -0.3 is 15.2 Å². The molecule has 0 aliphatic rings. The molecule has 0 bridgehead atoms. The molecule has 0 unspecified atom stereocenters. The summed E-state index contributed by atoms with van der Waals surface area (Å²) in [6.07, 6.45) is -5.91. The number of benzene rings is 2. The van der Waals surface area contributed by atoms with Gasteiger partial charge in [0.1, 0.15) is 12.4 Å². The summed E-state index contributed by atoms with van der Waals surface area (Å²) in [7, 11) is 0. The van der Waals surface area contributed by atoms with Crippen LogP contribution in [0.1, 0.15) is 23.6 Å². The van der Waals surface area contributed by atoms with Crippen LogP contribution in [0, 0.1) is 22.7 Å². The SMILES string of the molecule is C[C@@](O)(COc1ccc(C#N)cc1)C(=O)Nc1ccc(C(F)(F)C(F)(F)F)c(C#N)c1. The Balaban J connectivity index is 2.14. The summed E-state index contributed by atoms with van der Waals surface area (Å²) in [6, 6.07) is 10.7. The predicted octanol–water partition coefficient (Wildman–Crippen LogP) is 3.85. The van der Waals surface area contributed by atoms with E-state index in [0.717, 1.165) is 13.0 Å². The van der Waals surface area contributed by atoms with Gasteiger partial charge in [0.05, 0.1) is 23.3 Å². The Hall–Kier alpha value is -3.70. The molecule has 162 valence electrons. The Morgan fingerprint density at radius 1 is 1.06 bits per heavy atom. The molecule has 0 aliphatic heterocycles. The number of halogens is 5. The van der Waals surface area contributed by atoms with E-state index in [4.69, 9.17) is 15.3 Å². The van der Waals surface area contributed by atoms with Crippen LogP contribution in [0.15, 0.2) is 42.5 Å². The van der Waals surface area contributed by atoms with Crippen LogP contribution in [-0.4, -0.2) is 29.4 Å². The molecule has 0 radical (unpaired) electrons. The number of alkyl halides is 5. The fraction of sp³-hybridized carbons (Fsp3) is 0.250. The maximum absolute atomic E-state index is 13.6. The van der Waals surface area contributed by atoms with Crippen molar-refractivity contribution >= 4 is 11.6 Å². The van der Waals surface area contributed by atoms with Gasteiger partial charge in [0.15, 0.2) is 5.60 Å². The smallest absolute Gasteiger partial charge is 0.458 e. The van der Waals surface area contributed by atoms with Crippen molar-refractivity contribution in [2.24, 2.45) is 0 Å². The van der Waals surface area contributed by atoms with Crippen LogP contribution >= 0.6 is 0 Å². The highest BCUT2D eigenvalue weighted by Gasteiger charge is 2.59. The van der Waals surface area contributed by atoms with Crippen LogP contribution in [0.5, 0.6) is 5.75 Å². The van der Waals surface area contributed by atoms with Crippen molar-refractivity contribution in [3.05, 3.63) is 59.2 Å². The van der Waals surface area contributed by atoms with Gasteiger partial charge in [-0.2, -0.15) is 32.5 Å². The fourth-order valence-corrected chi connectivity index (χ4v) is 2.32. The molecular formula is C20H14F5N3O3. The highest BCUT2D eigenvalue weighted by atomic mass is 19.4. The second kappa shape index (κ2) is 8.58. The molecule has 0 saturated carbocycles. The number of aliphatic hydroxyl groups is 1. The second-order valence-electron chi connectivity index (χ2n) is 6.60. The Morgan fingerprint density at radius 3 is 2.19 bits per heavy atom. The van der Waals surface area contributed by atoms with Gasteiger partial charge in [-0.05, 0) is 49.4 Å². The number of hydrogen-bond acceptors (Lipinski definition) is 5. The van der Waals surface area contributed by atoms with Crippen molar-refractivity contribution in [2.45, 2.75) is 24.6 Å². The van der Waals surface area contributed by atoms with E-state index >= 15 is 0 Å². The first-order chi connectivity index (χ1) is 14.3. The van der Waals surface area contributed by atoms with Gasteiger partial charge in [0.25, 0.3) is 5.91 Å². The summed E-state index contributed by atoms with van der Waals surface area (Å²) < 4.78 is 70.1. The molecule has 1 amide bonds. The lowest BCUT2D eigenvalue weighted by atomic mass is 10.0. The second-order valence-corrected chi connectivity index (χ2v) is 6.60. The zero-order valence-electron chi connectivity index (χ0n) is 15.8. The van der Waals surface area contributed by atoms with Gasteiger partial charge in [-0.25, -0.2) is 0 Å². The summed E-state index contributed by atoms with van der Waals surface area (Å²) in [4.78, 5) is 12.3. The average molecular weight is 439 g/mol. The number of anilines is 1. The number of nitrogens with zero attached hydrogens (tertiary/aromatic N) is 2. The average Bonchev–Trinajstić information content (AvgIpc) is 2.71. The molecule has 2 aromatic carbocycles. The molecular weight excluding hydrogens is 425 g/mol. The van der Waals surface area contributed by atoms with Crippen LogP contribution in [0.3, 0.4) is 0 Å². The number of nitrogens with one attached hydrogen (secondary N) is 1. The largest absolute Gasteiger partial charge is 0.490 e. The van der Waals surface area contributed by atoms with Crippen molar-refractivity contribution in [2.75, 3.05) is 11.9 Å². The van der Waals surface area contributed by atoms with Crippen LogP contribution in [-0.2, 0) is 10.7 Å². The van der Waals surface area contributed by atoms with Gasteiger partial charge in [-0.15, -0.1) is 0 Å². The monoisotopic (exact) mass is 439 g/mol. The molecule has 0 saturated heterocycles. The predicted molar refractivity (Wildman–Crippen MR) is 97.0 cm³/mol. The molecule has 2 N–H and O–H groups in total. The summed E-state index contributed by atoms with van der Waals surface area (Å²) in [5.41, 5.74) is -4.59. The van der Waals surface area contributed by atoms with E-state index in [9.17, 15) is 31.9 Å². The Labute approximate surface area is 173 Å². The minimum Gasteiger partial charge on any atom is -0.490 e. The van der Waals surface area contributed by atoms with E-state index in [2.05, 4.69) is 5.32 Å². The van der Waals surface area contributed by atoms with Crippen molar-refractivity contribution in [1.82, 2.24) is 0 Å². The van der Waals surface area contributed by atoms with Crippen LogP contribution in [0.2, 0.25) is 0 Å². The van der Waals surface area contributed by atoms with Gasteiger partial charge in [-0.3, -0.25) is 4.79 Å². The van der Waals surface area contributed by atoms with E-state index in [1.807, 2.05) is 6.07 Å². The number of amides is 1. The third kappa shape index (κ3) is 5.27. The van der Waals surface area contributed by atoms with Crippen molar-refractivity contribution in [1.29, 1.82) is 10.5 Å². The molecule has 1 atom stereocenters. The zero-order valence-corrected chi connectivity index (χ0v) is 15.8. The fourth-order valence-electron chi connectivity index (χ4n) is 2.32. The molecule has 0 heterocycles. The summed E-state index contributed by atoms with van der Waals surface area (Å²) >= 11 is 0. The van der Waals surface area contributed by atoms with Crippen LogP contribution in [0.25, 0.3) is 0 Å². The molecule has 0 spiro atoms. The molecule has 11 heteroatoms. The van der Waals surface area contributed by atoms with Crippen LogP contribution in [0.4, 0.5) is 27.6 Å². The van der Waals surface area contributed by atoms with E-state index < -0.39 is 41.3 Å². The molecule has 0 fully saturated rings. The van der Waals surface area contributed by atoms with Gasteiger partial charge in [-0.1, -0.05) is 0 Å². The Kier molecular flexibility index (Phi) is 6.52. The van der Waals surface area contributed by atoms with Crippen molar-refractivity contribution in [3.8, 4) is 17.9 Å². The first-order valence-electron chi connectivity index (χ1n) is 8.48. The van der Waals surface area contributed by atoms with Crippen LogP contribution < -0.4 is 10.1 Å². The third-order valence-electron chi connectivity index (χ3n) is 4.08. The summed E-state index contributed by atoms with van der Waals surface area (Å²) in [6.45, 7) is 0.545. The lowest BCUT2D eigenvalue weighted by Gasteiger charge is -2.23. The standard InChI is InChI=1S/C20H14F5N3O3/c1-18(30,11-31-15-5-2-12(9-26)3-6-15)17(29)28-14-4-7-16(13(8-14)10-27)19(21,22)20(23,24)25/h2-8,30H,11H2,1H3,(H,28,29)/t18-/m1/s1. The molecule has 2 aromatic rings. The number of ether oxygens (including phenoxy) is 1. The normalized spacial score (nSPS) is 13.5. The summed E-state index contributed by atoms with van der Waals surface area (Å²) in [5, 5.41) is 30.1. The highest BCUT2D eigenvalue weighted by Crippen LogP contribution is 2.45. The molecule has 0 aliphatic carbocycles. The first kappa shape index (κ1) is 23.6. The third-order valence-corrected chi connectivity index (χ3v) is 4.08. The van der Waals surface area contributed by atoms with Crippen molar-refractivity contribution < 1.29 is 36.6 Å². The first-order valence-corrected chi connectivity index (χ1v) is 8.48. The molecule has 2 rings (SSSR count). The quantitative estimate of drug-likeness (QED) is 0.665. The summed E-state index contributed by atoms with van der Waals surface area (Å²) in [5.74, 6) is -6.07. The minimum absolute atomic E-state index is 0.248. The Morgan fingerprint density at radius 2 is 1.68 bits per heavy atom. The minimum atomic E-state index is -5.91. The lowest BCUT2D eigenvalue weighted by molar-refractivity contribution is -0.289. The number of nitriles is 2. The Bertz CT molecular complexity index is 1050. The molecule has 6 nitrogen and oxygen atoms in total. The van der Waals surface area contributed by atoms with Gasteiger partial charge in [0, 0.05) is 11.3 Å². The molecule has 0 aromatic heterocycles. The van der Waals surface area contributed by atoms with Gasteiger partial charge in [0.2, 0.25) is 0 Å². The highest BCUT2D eigenvalue weighted by molar-refractivity contribution is 5.97. The topological polar surface area (TPSA) is 106 Å². The maximum atomic E-state index is 13.6. The van der Waals surface area contributed by atoms with Crippen molar-refractivity contribution in [3.63, 3.8) is 0 Å². The van der Waals surface area contributed by atoms with E-state index in [1.54, 1.807) is 0 Å². The van der Waals surface area contributed by atoms with E-state index in [0.29, 0.717) is 17.7 Å². The van der Waals surface area contributed by atoms with E-state index in [1.165, 1.54) is 30.3 Å².